The van der Waals surface area contributed by atoms with Gasteiger partial charge < -0.3 is 9.47 Å². The molecule has 32 heavy (non-hydrogen) atoms. The molecule has 0 spiro atoms. The first kappa shape index (κ1) is 20.8. The average molecular weight is 435 g/mol. The van der Waals surface area contributed by atoms with E-state index < -0.39 is 0 Å². The van der Waals surface area contributed by atoms with Crippen LogP contribution in [0.15, 0.2) is 42.5 Å². The lowest BCUT2D eigenvalue weighted by Gasteiger charge is -2.45. The van der Waals surface area contributed by atoms with E-state index in [1.54, 1.807) is 17.0 Å². The van der Waals surface area contributed by atoms with Gasteiger partial charge >= 0.3 is 6.09 Å². The van der Waals surface area contributed by atoms with Gasteiger partial charge in [0.15, 0.2) is 0 Å². The molecule has 3 fully saturated rings. The van der Waals surface area contributed by atoms with Crippen molar-refractivity contribution in [2.24, 2.45) is 5.92 Å². The molecule has 2 aromatic rings. The zero-order valence-electron chi connectivity index (χ0n) is 18.0. The topological polar surface area (TPSA) is 42.0 Å². The molecular weight excluding hydrogens is 407 g/mol. The third-order valence-corrected chi connectivity index (χ3v) is 6.93. The number of halogens is 1. The number of fused-ring (bicyclic) bond motifs is 4. The molecule has 0 aliphatic carbocycles. The van der Waals surface area contributed by atoms with E-state index in [9.17, 15) is 9.18 Å². The quantitative estimate of drug-likeness (QED) is 0.682. The van der Waals surface area contributed by atoms with Gasteiger partial charge in [0.2, 0.25) is 0 Å². The van der Waals surface area contributed by atoms with Crippen LogP contribution in [0.5, 0.6) is 5.75 Å². The van der Waals surface area contributed by atoms with Crippen molar-refractivity contribution < 1.29 is 18.7 Å². The second-order valence-corrected chi connectivity index (χ2v) is 8.81. The van der Waals surface area contributed by atoms with Crippen LogP contribution >= 0.6 is 0 Å². The number of rotatable bonds is 4. The molecule has 4 aliphatic rings. The van der Waals surface area contributed by atoms with Gasteiger partial charge in [-0.1, -0.05) is 24.1 Å². The summed E-state index contributed by atoms with van der Waals surface area (Å²) in [5.74, 6) is 3.33. The first-order valence-corrected chi connectivity index (χ1v) is 11.3. The molecule has 6 heteroatoms. The Hall–Kier alpha value is -3.04. The Kier molecular flexibility index (Phi) is 5.75. The van der Waals surface area contributed by atoms with Crippen LogP contribution in [-0.2, 0) is 11.2 Å². The molecule has 0 radical (unpaired) electrons. The fourth-order valence-electron chi connectivity index (χ4n) is 5.26. The summed E-state index contributed by atoms with van der Waals surface area (Å²) in [6.07, 6.45) is 7.82. The van der Waals surface area contributed by atoms with Crippen molar-refractivity contribution >= 4 is 6.09 Å². The van der Waals surface area contributed by atoms with Gasteiger partial charge in [-0.25, -0.2) is 9.18 Å². The summed E-state index contributed by atoms with van der Waals surface area (Å²) < 4.78 is 25.3. The monoisotopic (exact) mass is 434 g/mol. The Bertz CT molecular complexity index is 1020. The molecule has 2 aromatic carbocycles. The van der Waals surface area contributed by atoms with Gasteiger partial charge in [-0.05, 0) is 79.2 Å². The number of nitrogens with zero attached hydrogens (tertiary/aromatic N) is 2. The van der Waals surface area contributed by atoms with E-state index in [-0.39, 0.29) is 30.7 Å². The van der Waals surface area contributed by atoms with Crippen molar-refractivity contribution in [1.82, 2.24) is 9.80 Å². The molecule has 166 valence electrons. The zero-order valence-corrected chi connectivity index (χ0v) is 18.0. The van der Waals surface area contributed by atoms with Crippen LogP contribution in [-0.4, -0.2) is 54.8 Å². The van der Waals surface area contributed by atoms with E-state index in [1.165, 1.54) is 12.1 Å². The van der Waals surface area contributed by atoms with Crippen molar-refractivity contribution in [2.45, 2.75) is 31.4 Å². The molecule has 3 saturated heterocycles. The lowest BCUT2D eigenvalue weighted by Crippen LogP contribution is -2.53. The van der Waals surface area contributed by atoms with E-state index in [0.29, 0.717) is 24.6 Å². The summed E-state index contributed by atoms with van der Waals surface area (Å²) >= 11 is 0. The van der Waals surface area contributed by atoms with Gasteiger partial charge in [-0.15, -0.1) is 6.42 Å². The van der Waals surface area contributed by atoms with E-state index in [4.69, 9.17) is 15.9 Å². The van der Waals surface area contributed by atoms with E-state index in [0.717, 1.165) is 49.2 Å². The first-order chi connectivity index (χ1) is 15.6. The van der Waals surface area contributed by atoms with Crippen LogP contribution in [0.4, 0.5) is 9.18 Å². The molecule has 0 unspecified atom stereocenters. The predicted octanol–water partition coefficient (Wildman–Crippen LogP) is 4.02. The second-order valence-electron chi connectivity index (χ2n) is 8.81. The maximum atomic E-state index is 13.6. The molecule has 0 N–H and O–H groups in total. The highest BCUT2D eigenvalue weighted by Crippen LogP contribution is 2.38. The summed E-state index contributed by atoms with van der Waals surface area (Å²) in [7, 11) is 0. The molecule has 6 rings (SSSR count). The largest absolute Gasteiger partial charge is 0.481 e. The molecule has 4 aliphatic heterocycles. The van der Waals surface area contributed by atoms with E-state index in [1.807, 2.05) is 18.2 Å². The summed E-state index contributed by atoms with van der Waals surface area (Å²) in [5.41, 5.74) is 2.96. The third kappa shape index (κ3) is 4.05. The van der Waals surface area contributed by atoms with Crippen molar-refractivity contribution in [3.63, 3.8) is 0 Å². The lowest BCUT2D eigenvalue weighted by molar-refractivity contribution is -0.0462. The highest BCUT2D eigenvalue weighted by molar-refractivity contribution is 5.70. The minimum absolute atomic E-state index is 0.0557. The minimum Gasteiger partial charge on any atom is -0.481 e. The second kappa shape index (κ2) is 8.84. The van der Waals surface area contributed by atoms with Gasteiger partial charge in [0.1, 0.15) is 24.3 Å². The molecule has 2 atom stereocenters. The molecule has 2 bridgehead atoms. The van der Waals surface area contributed by atoms with Gasteiger partial charge in [0.25, 0.3) is 0 Å². The molecule has 5 nitrogen and oxygen atoms in total. The number of terminal acetylenes is 1. The number of hydrogen-bond acceptors (Lipinski definition) is 4. The van der Waals surface area contributed by atoms with Gasteiger partial charge in [-0.2, -0.15) is 0 Å². The van der Waals surface area contributed by atoms with Crippen LogP contribution in [0.2, 0.25) is 0 Å². The molecule has 0 saturated carbocycles. The maximum Gasteiger partial charge on any atom is 0.410 e. The molecule has 1 amide bonds. The Balaban J connectivity index is 1.43. The summed E-state index contributed by atoms with van der Waals surface area (Å²) in [4.78, 5) is 17.5. The zero-order chi connectivity index (χ0) is 22.1. The Morgan fingerprint density at radius 2 is 1.91 bits per heavy atom. The minimum atomic E-state index is -0.338. The fourth-order valence-corrected chi connectivity index (χ4v) is 5.26. The van der Waals surface area contributed by atoms with E-state index >= 15 is 0 Å². The smallest absolute Gasteiger partial charge is 0.410 e. The van der Waals surface area contributed by atoms with Crippen LogP contribution in [0.1, 0.15) is 35.6 Å². The van der Waals surface area contributed by atoms with Crippen molar-refractivity contribution in [3.8, 4) is 18.1 Å². The summed E-state index contributed by atoms with van der Waals surface area (Å²) in [6, 6.07) is 11.8. The van der Waals surface area contributed by atoms with Gasteiger partial charge in [-0.3, -0.25) is 9.80 Å². The normalized spacial score (nSPS) is 26.2. The van der Waals surface area contributed by atoms with Crippen molar-refractivity contribution in [3.05, 3.63) is 65.0 Å². The van der Waals surface area contributed by atoms with Crippen LogP contribution < -0.4 is 4.74 Å². The fraction of sp³-hybridized carbons (Fsp3) is 0.423. The Labute approximate surface area is 188 Å². The SMILES string of the molecule is C#CCOc1ccc2c(c1)CCN(C(=O)O[C@@H]1CN3CCC1CC3)[C@H]2c1ccc(F)cc1. The number of amides is 1. The number of piperidine rings is 3. The van der Waals surface area contributed by atoms with E-state index in [2.05, 4.69) is 10.8 Å². The van der Waals surface area contributed by atoms with Crippen molar-refractivity contribution in [1.29, 1.82) is 0 Å². The standard InChI is InChI=1S/C26H27FN2O3/c1-2-15-31-22-7-8-23-20(16-22)11-14-29(25(23)19-3-5-21(27)6-4-19)26(30)32-24-17-28-12-9-18(24)10-13-28/h1,3-8,16,18,24-25H,9-15,17H2/t24-,25+/m1/s1. The summed E-state index contributed by atoms with van der Waals surface area (Å²) in [5, 5.41) is 0. The number of benzene rings is 2. The van der Waals surface area contributed by atoms with Crippen LogP contribution in [0.25, 0.3) is 0 Å². The van der Waals surface area contributed by atoms with Crippen LogP contribution in [0, 0.1) is 24.1 Å². The number of ether oxygens (including phenoxy) is 2. The van der Waals surface area contributed by atoms with Gasteiger partial charge in [0, 0.05) is 13.1 Å². The lowest BCUT2D eigenvalue weighted by atomic mass is 9.86. The third-order valence-electron chi connectivity index (χ3n) is 6.93. The maximum absolute atomic E-state index is 13.6. The van der Waals surface area contributed by atoms with Gasteiger partial charge in [0.05, 0.1) is 6.04 Å². The number of carbonyl (C=O) groups excluding carboxylic acids is 1. The van der Waals surface area contributed by atoms with Crippen molar-refractivity contribution in [2.75, 3.05) is 32.8 Å². The molecule has 0 aromatic heterocycles. The summed E-state index contributed by atoms with van der Waals surface area (Å²) in [6.45, 7) is 3.74. The number of hydrogen-bond donors (Lipinski definition) is 0. The highest BCUT2D eigenvalue weighted by Gasteiger charge is 2.39. The predicted molar refractivity (Wildman–Crippen MR) is 119 cm³/mol. The van der Waals surface area contributed by atoms with Crippen LogP contribution in [0.3, 0.4) is 0 Å². The average Bonchev–Trinajstić information content (AvgIpc) is 2.83. The number of carbonyl (C=O) groups is 1. The molecular formula is C26H27FN2O3. The molecule has 4 heterocycles. The first-order valence-electron chi connectivity index (χ1n) is 11.3. The highest BCUT2D eigenvalue weighted by atomic mass is 19.1. The Morgan fingerprint density at radius 1 is 1.12 bits per heavy atom. The Morgan fingerprint density at radius 3 is 2.59 bits per heavy atom.